The van der Waals surface area contributed by atoms with Crippen LogP contribution >= 0.6 is 11.3 Å². The number of benzene rings is 1. The van der Waals surface area contributed by atoms with Crippen LogP contribution in [-0.4, -0.2) is 18.5 Å². The number of nitrogens with one attached hydrogen (secondary N) is 1. The Kier molecular flexibility index (Phi) is 3.73. The maximum atomic E-state index is 7.15. The third-order valence-electron chi connectivity index (χ3n) is 2.36. The Morgan fingerprint density at radius 2 is 2.06 bits per heavy atom. The van der Waals surface area contributed by atoms with E-state index in [0.29, 0.717) is 0 Å². The van der Waals surface area contributed by atoms with Gasteiger partial charge in [-0.2, -0.15) is 0 Å². The first kappa shape index (κ1) is 12.3. The molecule has 1 N–H and O–H groups in total. The molecule has 6 nitrogen and oxygen atoms in total. The molecule has 0 saturated heterocycles. The highest BCUT2D eigenvalue weighted by atomic mass is 32.1. The fourth-order valence-corrected chi connectivity index (χ4v) is 1.86. The van der Waals surface area contributed by atoms with Gasteiger partial charge in [0.1, 0.15) is 18.2 Å². The van der Waals surface area contributed by atoms with Crippen LogP contribution in [0.4, 0.5) is 16.5 Å². The van der Waals surface area contributed by atoms with Crippen molar-refractivity contribution in [1.82, 2.24) is 5.10 Å². The number of anilines is 1. The summed E-state index contributed by atoms with van der Waals surface area (Å²) < 4.78 is 1.67. The van der Waals surface area contributed by atoms with Gasteiger partial charge in [0.15, 0.2) is 0 Å². The summed E-state index contributed by atoms with van der Waals surface area (Å²) in [6.45, 7) is 0. The zero-order valence-electron chi connectivity index (χ0n) is 10.1. The lowest BCUT2D eigenvalue weighted by atomic mass is 10.3. The molecule has 0 radical (unpaired) electrons. The molecule has 0 aliphatic carbocycles. The molecule has 1 aromatic heterocycles. The number of nitrogens with zero attached hydrogens (tertiary/aromatic N) is 5. The first-order valence-corrected chi connectivity index (χ1v) is 6.13. The van der Waals surface area contributed by atoms with Crippen molar-refractivity contribution in [2.75, 3.05) is 11.9 Å². The van der Waals surface area contributed by atoms with Crippen LogP contribution in [0.25, 0.3) is 0 Å². The first-order chi connectivity index (χ1) is 8.70. The third-order valence-corrected chi connectivity index (χ3v) is 3.11. The van der Waals surface area contributed by atoms with E-state index in [1.807, 2.05) is 38.4 Å². The normalized spacial score (nSPS) is 10.8. The van der Waals surface area contributed by atoms with E-state index in [1.54, 1.807) is 15.1 Å². The van der Waals surface area contributed by atoms with Crippen molar-refractivity contribution in [2.45, 2.75) is 0 Å². The summed E-state index contributed by atoms with van der Waals surface area (Å²) in [6, 6.07) is 7.51. The molecule has 7 heteroatoms. The van der Waals surface area contributed by atoms with Gasteiger partial charge in [-0.1, -0.05) is 5.10 Å². The van der Waals surface area contributed by atoms with Gasteiger partial charge in [0.25, 0.3) is 0 Å². The molecule has 0 fully saturated rings. The van der Waals surface area contributed by atoms with Crippen molar-refractivity contribution >= 4 is 34.2 Å². The molecule has 0 bridgehead atoms. The van der Waals surface area contributed by atoms with E-state index in [9.17, 15) is 0 Å². The zero-order chi connectivity index (χ0) is 13.0. The minimum absolute atomic E-state index is 0.746. The van der Waals surface area contributed by atoms with Gasteiger partial charge in [-0.3, -0.25) is 5.41 Å². The van der Waals surface area contributed by atoms with Crippen LogP contribution in [0, 0.1) is 5.41 Å². The molecular formula is C11H13N6S+. The lowest BCUT2D eigenvalue weighted by Gasteiger charge is -2.11. The molecule has 0 aliphatic rings. The van der Waals surface area contributed by atoms with Crippen molar-refractivity contribution in [3.8, 4) is 0 Å². The van der Waals surface area contributed by atoms with Gasteiger partial charge in [-0.05, 0) is 40.7 Å². The average Bonchev–Trinajstić information content (AvgIpc) is 2.81. The Balaban J connectivity index is 2.13. The number of hydrogen-bond donors (Lipinski definition) is 1. The van der Waals surface area contributed by atoms with E-state index < -0.39 is 0 Å². The van der Waals surface area contributed by atoms with Crippen LogP contribution in [0.1, 0.15) is 0 Å². The van der Waals surface area contributed by atoms with Crippen molar-refractivity contribution in [3.05, 3.63) is 29.8 Å². The number of hydrogen-bond acceptors (Lipinski definition) is 5. The summed E-state index contributed by atoms with van der Waals surface area (Å²) in [7, 11) is 3.65. The van der Waals surface area contributed by atoms with Gasteiger partial charge in [0.2, 0.25) is 0 Å². The maximum absolute atomic E-state index is 7.15. The van der Waals surface area contributed by atoms with Crippen LogP contribution in [0.5, 0.6) is 0 Å². The van der Waals surface area contributed by atoms with Gasteiger partial charge >= 0.3 is 5.13 Å². The van der Waals surface area contributed by atoms with Gasteiger partial charge in [-0.25, -0.2) is 0 Å². The highest BCUT2D eigenvalue weighted by molar-refractivity contribution is 7.12. The lowest BCUT2D eigenvalue weighted by molar-refractivity contribution is -0.713. The predicted molar refractivity (Wildman–Crippen MR) is 71.1 cm³/mol. The summed E-state index contributed by atoms with van der Waals surface area (Å²) in [4.78, 5) is 1.71. The van der Waals surface area contributed by atoms with Crippen LogP contribution < -0.4 is 9.58 Å². The molecule has 2 aromatic rings. The van der Waals surface area contributed by atoms with Gasteiger partial charge < -0.3 is 4.90 Å². The van der Waals surface area contributed by atoms with Crippen molar-refractivity contribution < 1.29 is 4.68 Å². The molecule has 0 aliphatic heterocycles. The van der Waals surface area contributed by atoms with E-state index in [-0.39, 0.29) is 0 Å². The van der Waals surface area contributed by atoms with Crippen LogP contribution in [0.3, 0.4) is 0 Å². The number of aromatic nitrogens is 2. The second-order valence-corrected chi connectivity index (χ2v) is 4.41. The molecule has 92 valence electrons. The summed E-state index contributed by atoms with van der Waals surface area (Å²) in [5.74, 6) is 0. The van der Waals surface area contributed by atoms with Gasteiger partial charge in [0.05, 0.1) is 11.5 Å². The Morgan fingerprint density at radius 3 is 2.61 bits per heavy atom. The molecule has 0 atom stereocenters. The Bertz CT molecular complexity index is 559. The molecule has 0 amide bonds. The van der Waals surface area contributed by atoms with Crippen LogP contribution in [-0.2, 0) is 7.05 Å². The molecule has 0 unspecified atom stereocenters. The van der Waals surface area contributed by atoms with Crippen molar-refractivity contribution in [3.63, 3.8) is 0 Å². The summed E-state index contributed by atoms with van der Waals surface area (Å²) in [5.41, 5.74) is 3.43. The Hall–Kier alpha value is -2.15. The zero-order valence-corrected chi connectivity index (χ0v) is 10.9. The monoisotopic (exact) mass is 261 g/mol. The Labute approximate surface area is 109 Å². The molecule has 0 spiro atoms. The largest absolute Gasteiger partial charge is 0.429 e. The summed E-state index contributed by atoms with van der Waals surface area (Å²) >= 11 is 1.43. The van der Waals surface area contributed by atoms with Gasteiger partial charge in [-0.15, -0.1) is 4.68 Å². The molecule has 1 heterocycles. The Morgan fingerprint density at radius 1 is 1.33 bits per heavy atom. The molecular weight excluding hydrogens is 248 g/mol. The maximum Gasteiger partial charge on any atom is 0.429 e. The first-order valence-electron chi connectivity index (χ1n) is 5.26. The summed E-state index contributed by atoms with van der Waals surface area (Å²) in [5, 5.41) is 20.2. The number of aryl methyl sites for hydroxylation is 1. The second kappa shape index (κ2) is 5.46. The fraction of sp³-hybridized carbons (Fsp3) is 0.182. The molecule has 2 rings (SSSR count). The average molecular weight is 261 g/mol. The van der Waals surface area contributed by atoms with E-state index in [0.717, 1.165) is 16.5 Å². The topological polar surface area (TPSA) is 68.6 Å². The minimum atomic E-state index is 0.746. The third kappa shape index (κ3) is 2.75. The SMILES string of the molecule is CN(C=N)c1ccc(N=Nc2scn[n+]2C)cc1. The highest BCUT2D eigenvalue weighted by Crippen LogP contribution is 2.21. The van der Waals surface area contributed by atoms with Crippen LogP contribution in [0.2, 0.25) is 0 Å². The molecule has 1 aromatic carbocycles. The van der Waals surface area contributed by atoms with Gasteiger partial charge in [0, 0.05) is 12.7 Å². The predicted octanol–water partition coefficient (Wildman–Crippen LogP) is 2.43. The second-order valence-electron chi connectivity index (χ2n) is 3.60. The smallest absolute Gasteiger partial charge is 0.336 e. The lowest BCUT2D eigenvalue weighted by Crippen LogP contribution is -2.28. The molecule has 0 saturated carbocycles. The van der Waals surface area contributed by atoms with E-state index in [4.69, 9.17) is 5.41 Å². The molecule has 18 heavy (non-hydrogen) atoms. The minimum Gasteiger partial charge on any atom is -0.336 e. The number of azo groups is 1. The van der Waals surface area contributed by atoms with E-state index in [2.05, 4.69) is 15.3 Å². The summed E-state index contributed by atoms with van der Waals surface area (Å²) in [6.07, 6.45) is 1.26. The van der Waals surface area contributed by atoms with Crippen LogP contribution in [0.15, 0.2) is 40.0 Å². The van der Waals surface area contributed by atoms with Crippen molar-refractivity contribution in [1.29, 1.82) is 5.41 Å². The quantitative estimate of drug-likeness (QED) is 0.397. The highest BCUT2D eigenvalue weighted by Gasteiger charge is 2.08. The van der Waals surface area contributed by atoms with Crippen molar-refractivity contribution in [2.24, 2.45) is 17.3 Å². The standard InChI is InChI=1S/C11H13N6S/c1-16(7-12)10-5-3-9(4-6-10)14-15-11-17(2)13-8-18-11/h3-8,12H,1-2H3/q+1. The van der Waals surface area contributed by atoms with E-state index >= 15 is 0 Å². The number of rotatable bonds is 4. The fourth-order valence-electron chi connectivity index (χ4n) is 1.28. The van der Waals surface area contributed by atoms with E-state index in [1.165, 1.54) is 17.7 Å².